The number of nitrogens with zero attached hydrogens (tertiary/aromatic N) is 4. The summed E-state index contributed by atoms with van der Waals surface area (Å²) in [6.07, 6.45) is 2.05. The maximum Gasteiger partial charge on any atom is 0.271 e. The number of benzene rings is 2. The molecule has 0 unspecified atom stereocenters. The van der Waals surface area contributed by atoms with Gasteiger partial charge in [0.1, 0.15) is 11.5 Å². The first-order valence-electron chi connectivity index (χ1n) is 10.6. The number of thioether (sulfide) groups is 1. The van der Waals surface area contributed by atoms with Crippen molar-refractivity contribution in [2.24, 2.45) is 5.10 Å². The number of nitro groups is 1. The third-order valence-corrected chi connectivity index (χ3v) is 6.60. The van der Waals surface area contributed by atoms with Crippen molar-refractivity contribution in [3.05, 3.63) is 76.2 Å². The number of nitrogens with one attached hydrogen (secondary N) is 1. The molecule has 1 amide bonds. The van der Waals surface area contributed by atoms with Crippen LogP contribution < -0.4 is 9.47 Å². The maximum absolute atomic E-state index is 13.3. The Balaban J connectivity index is 1.24. The fraction of sp³-hybridized carbons (Fsp3) is 0.174. The Labute approximate surface area is 201 Å². The molecule has 0 radical (unpaired) electrons. The zero-order chi connectivity index (χ0) is 23.9. The van der Waals surface area contributed by atoms with Gasteiger partial charge in [-0.2, -0.15) is 5.10 Å². The minimum atomic E-state index is -0.463. The van der Waals surface area contributed by atoms with Crippen molar-refractivity contribution in [1.82, 2.24) is 15.0 Å². The highest BCUT2D eigenvalue weighted by Crippen LogP contribution is 2.39. The van der Waals surface area contributed by atoms with Crippen molar-refractivity contribution in [3.8, 4) is 11.5 Å². The first-order valence-corrected chi connectivity index (χ1v) is 11.6. The van der Waals surface area contributed by atoms with Crippen LogP contribution in [0.4, 0.5) is 5.69 Å². The summed E-state index contributed by atoms with van der Waals surface area (Å²) in [7, 11) is 0. The third-order valence-electron chi connectivity index (χ3n) is 5.74. The number of aromatic nitrogens is 2. The molecule has 11 nitrogen and oxygen atoms in total. The summed E-state index contributed by atoms with van der Waals surface area (Å²) in [5.41, 5.74) is 2.63. The van der Waals surface area contributed by atoms with E-state index < -0.39 is 4.92 Å². The van der Waals surface area contributed by atoms with Gasteiger partial charge in [-0.05, 0) is 35.9 Å². The smallest absolute Gasteiger partial charge is 0.271 e. The zero-order valence-electron chi connectivity index (χ0n) is 18.0. The van der Waals surface area contributed by atoms with Gasteiger partial charge < -0.3 is 18.9 Å². The molecule has 6 rings (SSSR count). The first kappa shape index (κ1) is 21.2. The molecule has 4 heterocycles. The van der Waals surface area contributed by atoms with Crippen LogP contribution >= 0.6 is 11.8 Å². The lowest BCUT2D eigenvalue weighted by atomic mass is 10.0. The van der Waals surface area contributed by atoms with Crippen LogP contribution in [-0.4, -0.2) is 44.1 Å². The van der Waals surface area contributed by atoms with Crippen LogP contribution in [0.5, 0.6) is 11.5 Å². The van der Waals surface area contributed by atoms with E-state index in [1.807, 2.05) is 24.3 Å². The third kappa shape index (κ3) is 3.97. The molecule has 2 aliphatic heterocycles. The highest BCUT2D eigenvalue weighted by molar-refractivity contribution is 7.99. The Kier molecular flexibility index (Phi) is 5.14. The highest BCUT2D eigenvalue weighted by atomic mass is 32.2. The van der Waals surface area contributed by atoms with Crippen molar-refractivity contribution in [1.29, 1.82) is 0 Å². The van der Waals surface area contributed by atoms with Crippen molar-refractivity contribution in [3.63, 3.8) is 0 Å². The number of nitro benzene ring substituents is 1. The number of furan rings is 1. The molecule has 0 spiro atoms. The van der Waals surface area contributed by atoms with Gasteiger partial charge in [0.05, 0.1) is 34.0 Å². The van der Waals surface area contributed by atoms with E-state index in [-0.39, 0.29) is 30.2 Å². The van der Waals surface area contributed by atoms with Crippen molar-refractivity contribution >= 4 is 40.1 Å². The standard InChI is InChI=1S/C23H17N5O6S/c29-22(11-35-23-24-15-5-4-14(28(30)31)9-16(15)25-23)27-18(10-17(26-27)19-2-1-7-32-19)13-3-6-20-21(8-13)34-12-33-20/h1-9,18H,10-12H2,(H,24,25)/t18-/m0/s1. The number of fused-ring (bicyclic) bond motifs is 2. The molecule has 12 heteroatoms. The Morgan fingerprint density at radius 1 is 1.20 bits per heavy atom. The molecule has 176 valence electrons. The van der Waals surface area contributed by atoms with E-state index in [1.54, 1.807) is 18.4 Å². The number of ether oxygens (including phenoxy) is 2. The molecule has 0 saturated carbocycles. The lowest BCUT2D eigenvalue weighted by Crippen LogP contribution is -2.28. The van der Waals surface area contributed by atoms with Crippen LogP contribution in [-0.2, 0) is 4.79 Å². The molecule has 0 fully saturated rings. The number of amides is 1. The number of hydrogen-bond donors (Lipinski definition) is 1. The van der Waals surface area contributed by atoms with E-state index in [2.05, 4.69) is 15.1 Å². The molecule has 0 saturated heterocycles. The van der Waals surface area contributed by atoms with Crippen LogP contribution in [0.25, 0.3) is 11.0 Å². The zero-order valence-corrected chi connectivity index (χ0v) is 18.9. The number of H-pyrrole nitrogens is 1. The predicted octanol–water partition coefficient (Wildman–Crippen LogP) is 4.26. The normalized spacial score (nSPS) is 16.6. The molecule has 2 aromatic carbocycles. The van der Waals surface area contributed by atoms with Crippen LogP contribution in [0.15, 0.2) is 69.5 Å². The minimum Gasteiger partial charge on any atom is -0.463 e. The van der Waals surface area contributed by atoms with E-state index in [1.165, 1.54) is 28.9 Å². The average molecular weight is 491 g/mol. The molecule has 1 N–H and O–H groups in total. The molecule has 35 heavy (non-hydrogen) atoms. The second-order valence-electron chi connectivity index (χ2n) is 7.88. The summed E-state index contributed by atoms with van der Waals surface area (Å²) in [4.78, 5) is 31.3. The first-order chi connectivity index (χ1) is 17.0. The number of hydrogen-bond acceptors (Lipinski definition) is 9. The molecular weight excluding hydrogens is 474 g/mol. The Bertz CT molecular complexity index is 1480. The van der Waals surface area contributed by atoms with E-state index in [4.69, 9.17) is 13.9 Å². The largest absolute Gasteiger partial charge is 0.463 e. The fourth-order valence-corrected chi connectivity index (χ4v) is 4.80. The number of hydrazone groups is 1. The second-order valence-corrected chi connectivity index (χ2v) is 8.85. The van der Waals surface area contributed by atoms with Crippen molar-refractivity contribution in [2.45, 2.75) is 17.6 Å². The van der Waals surface area contributed by atoms with Gasteiger partial charge in [-0.3, -0.25) is 14.9 Å². The molecule has 0 bridgehead atoms. The average Bonchev–Trinajstić information content (AvgIpc) is 3.66. The summed E-state index contributed by atoms with van der Waals surface area (Å²) >= 11 is 1.21. The monoisotopic (exact) mass is 491 g/mol. The lowest BCUT2D eigenvalue weighted by Gasteiger charge is -2.22. The number of carbonyl (C=O) groups excluding carboxylic acids is 1. The number of imidazole rings is 1. The van der Waals surface area contributed by atoms with E-state index in [9.17, 15) is 14.9 Å². The Hall–Kier alpha value is -4.32. The van der Waals surface area contributed by atoms with E-state index in [0.717, 1.165) is 5.56 Å². The molecular formula is C23H17N5O6S. The summed E-state index contributed by atoms with van der Waals surface area (Å²) in [6, 6.07) is 13.2. The van der Waals surface area contributed by atoms with Crippen LogP contribution in [0.3, 0.4) is 0 Å². The van der Waals surface area contributed by atoms with Crippen LogP contribution in [0.2, 0.25) is 0 Å². The number of non-ortho nitro benzene ring substituents is 1. The van der Waals surface area contributed by atoms with Crippen LogP contribution in [0.1, 0.15) is 23.8 Å². The summed E-state index contributed by atoms with van der Waals surface area (Å²) < 4.78 is 16.4. The second kappa shape index (κ2) is 8.47. The Morgan fingerprint density at radius 2 is 2.09 bits per heavy atom. The topological polar surface area (TPSA) is 136 Å². The fourth-order valence-electron chi connectivity index (χ4n) is 4.06. The van der Waals surface area contributed by atoms with Gasteiger partial charge in [0.15, 0.2) is 16.7 Å². The molecule has 1 atom stereocenters. The maximum atomic E-state index is 13.3. The van der Waals surface area contributed by atoms with E-state index >= 15 is 0 Å². The van der Waals surface area contributed by atoms with Gasteiger partial charge in [0.2, 0.25) is 6.79 Å². The number of rotatable bonds is 6. The van der Waals surface area contributed by atoms with Gasteiger partial charge in [-0.1, -0.05) is 17.8 Å². The van der Waals surface area contributed by atoms with Gasteiger partial charge in [-0.15, -0.1) is 0 Å². The molecule has 4 aromatic rings. The van der Waals surface area contributed by atoms with Gasteiger partial charge in [0, 0.05) is 18.6 Å². The molecule has 2 aliphatic rings. The van der Waals surface area contributed by atoms with E-state index in [0.29, 0.717) is 45.6 Å². The van der Waals surface area contributed by atoms with Crippen LogP contribution in [0, 0.1) is 10.1 Å². The SMILES string of the molecule is O=C(CSc1nc2ccc([N+](=O)[O-])cc2[nH]1)N1N=C(c2ccco2)C[C@H]1c1ccc2c(c1)OCO2. The summed E-state index contributed by atoms with van der Waals surface area (Å²) in [6.45, 7) is 0.164. The highest BCUT2D eigenvalue weighted by Gasteiger charge is 2.35. The molecule has 0 aliphatic carbocycles. The minimum absolute atomic E-state index is 0.0304. The number of aromatic amines is 1. The molecule has 2 aromatic heterocycles. The summed E-state index contributed by atoms with van der Waals surface area (Å²) in [5.74, 6) is 1.76. The van der Waals surface area contributed by atoms with Crippen molar-refractivity contribution < 1.29 is 23.6 Å². The van der Waals surface area contributed by atoms with Crippen molar-refractivity contribution in [2.75, 3.05) is 12.5 Å². The van der Waals surface area contributed by atoms with Gasteiger partial charge >= 0.3 is 0 Å². The Morgan fingerprint density at radius 3 is 2.91 bits per heavy atom. The number of carbonyl (C=O) groups is 1. The quantitative estimate of drug-likeness (QED) is 0.240. The lowest BCUT2D eigenvalue weighted by molar-refractivity contribution is -0.384. The van der Waals surface area contributed by atoms with Gasteiger partial charge in [-0.25, -0.2) is 9.99 Å². The predicted molar refractivity (Wildman–Crippen MR) is 125 cm³/mol. The summed E-state index contributed by atoms with van der Waals surface area (Å²) in [5, 5.41) is 17.6. The van der Waals surface area contributed by atoms with Gasteiger partial charge in [0.25, 0.3) is 11.6 Å².